The van der Waals surface area contributed by atoms with Crippen LogP contribution in [0, 0.1) is 0 Å². The lowest BCUT2D eigenvalue weighted by Gasteiger charge is -2.46. The highest BCUT2D eigenvalue weighted by Gasteiger charge is 2.37. The number of carbonyl (C=O) groups excluding carboxylic acids is 1. The van der Waals surface area contributed by atoms with Crippen molar-refractivity contribution in [2.75, 3.05) is 7.05 Å². The summed E-state index contributed by atoms with van der Waals surface area (Å²) < 4.78 is 5.31. The van der Waals surface area contributed by atoms with Gasteiger partial charge in [-0.25, -0.2) is 0 Å². The van der Waals surface area contributed by atoms with Crippen molar-refractivity contribution in [1.29, 1.82) is 0 Å². The maximum atomic E-state index is 10.9. The molecule has 0 radical (unpaired) electrons. The van der Waals surface area contributed by atoms with Crippen LogP contribution in [-0.2, 0) is 9.53 Å². The topological polar surface area (TPSA) is 29.5 Å². The SMILES string of the molecule is CC(=O)OC1CC2CCCC(C1)N2C. The number of fused-ring (bicyclic) bond motifs is 2. The molecule has 3 nitrogen and oxygen atoms in total. The number of hydrogen-bond acceptors (Lipinski definition) is 3. The predicted octanol–water partition coefficient (Wildman–Crippen LogP) is 1.56. The first-order valence-corrected chi connectivity index (χ1v) is 5.56. The summed E-state index contributed by atoms with van der Waals surface area (Å²) in [5.74, 6) is -0.127. The molecule has 2 atom stereocenters. The van der Waals surface area contributed by atoms with E-state index in [-0.39, 0.29) is 12.1 Å². The summed E-state index contributed by atoms with van der Waals surface area (Å²) in [6.07, 6.45) is 6.13. The van der Waals surface area contributed by atoms with Crippen LogP contribution in [0.15, 0.2) is 0 Å². The Kier molecular flexibility index (Phi) is 2.77. The van der Waals surface area contributed by atoms with Crippen LogP contribution in [0.1, 0.15) is 39.0 Å². The number of ether oxygens (including phenoxy) is 1. The lowest BCUT2D eigenvalue weighted by Crippen LogP contribution is -2.51. The van der Waals surface area contributed by atoms with Crippen LogP contribution < -0.4 is 0 Å². The number of esters is 1. The molecule has 2 heterocycles. The molecule has 3 heteroatoms. The van der Waals surface area contributed by atoms with Crippen molar-refractivity contribution < 1.29 is 9.53 Å². The molecule has 0 saturated carbocycles. The second-order valence-electron chi connectivity index (χ2n) is 4.61. The second-order valence-corrected chi connectivity index (χ2v) is 4.61. The molecule has 80 valence electrons. The minimum absolute atomic E-state index is 0.127. The Balaban J connectivity index is 1.97. The lowest BCUT2D eigenvalue weighted by atomic mass is 9.83. The Labute approximate surface area is 85.4 Å². The van der Waals surface area contributed by atoms with Crippen molar-refractivity contribution in [2.45, 2.75) is 57.2 Å². The van der Waals surface area contributed by atoms with Crippen LogP contribution in [0.2, 0.25) is 0 Å². The summed E-state index contributed by atoms with van der Waals surface area (Å²) in [6.45, 7) is 1.51. The maximum absolute atomic E-state index is 10.9. The van der Waals surface area contributed by atoms with Crippen LogP contribution in [0.4, 0.5) is 0 Å². The van der Waals surface area contributed by atoms with E-state index in [1.165, 1.54) is 26.2 Å². The fourth-order valence-electron chi connectivity index (χ4n) is 2.90. The van der Waals surface area contributed by atoms with Gasteiger partial charge in [-0.2, -0.15) is 0 Å². The number of rotatable bonds is 1. The zero-order valence-corrected chi connectivity index (χ0v) is 9.03. The molecular weight excluding hydrogens is 178 g/mol. The zero-order valence-electron chi connectivity index (χ0n) is 9.03. The molecule has 0 aromatic carbocycles. The first-order chi connectivity index (χ1) is 6.66. The minimum Gasteiger partial charge on any atom is -0.462 e. The molecule has 2 fully saturated rings. The van der Waals surface area contributed by atoms with E-state index in [9.17, 15) is 4.79 Å². The average molecular weight is 197 g/mol. The van der Waals surface area contributed by atoms with Crippen LogP contribution in [0.3, 0.4) is 0 Å². The van der Waals surface area contributed by atoms with Crippen molar-refractivity contribution in [3.05, 3.63) is 0 Å². The standard InChI is InChI=1S/C11H19NO2/c1-8(13)14-11-6-9-4-3-5-10(7-11)12(9)2/h9-11H,3-7H2,1-2H3. The Morgan fingerprint density at radius 1 is 1.29 bits per heavy atom. The number of hydrogen-bond donors (Lipinski definition) is 0. The molecule has 0 amide bonds. The molecule has 2 unspecified atom stereocenters. The van der Waals surface area contributed by atoms with Crippen molar-refractivity contribution in [1.82, 2.24) is 4.90 Å². The Bertz CT molecular complexity index is 215. The van der Waals surface area contributed by atoms with E-state index < -0.39 is 0 Å². The van der Waals surface area contributed by atoms with E-state index >= 15 is 0 Å². The van der Waals surface area contributed by atoms with Gasteiger partial charge in [0.05, 0.1) is 0 Å². The maximum Gasteiger partial charge on any atom is 0.302 e. The highest BCUT2D eigenvalue weighted by Crippen LogP contribution is 2.33. The summed E-state index contributed by atoms with van der Waals surface area (Å²) in [6, 6.07) is 1.29. The molecule has 0 aromatic heterocycles. The summed E-state index contributed by atoms with van der Waals surface area (Å²) in [5.41, 5.74) is 0. The number of piperidine rings is 2. The Morgan fingerprint density at radius 2 is 1.86 bits per heavy atom. The third-order valence-corrected chi connectivity index (χ3v) is 3.63. The van der Waals surface area contributed by atoms with Crippen LogP contribution in [0.25, 0.3) is 0 Å². The van der Waals surface area contributed by atoms with Gasteiger partial charge in [0.1, 0.15) is 6.10 Å². The molecule has 0 N–H and O–H groups in total. The molecule has 0 aliphatic carbocycles. The monoisotopic (exact) mass is 197 g/mol. The van der Waals surface area contributed by atoms with Gasteiger partial charge in [-0.15, -0.1) is 0 Å². The lowest BCUT2D eigenvalue weighted by molar-refractivity contribution is -0.151. The summed E-state index contributed by atoms with van der Waals surface area (Å²) in [5, 5.41) is 0. The normalized spacial score (nSPS) is 38.0. The van der Waals surface area contributed by atoms with Gasteiger partial charge >= 0.3 is 5.97 Å². The van der Waals surface area contributed by atoms with Crippen LogP contribution in [0.5, 0.6) is 0 Å². The van der Waals surface area contributed by atoms with E-state index in [2.05, 4.69) is 11.9 Å². The van der Waals surface area contributed by atoms with Crippen molar-refractivity contribution >= 4 is 5.97 Å². The molecule has 2 aliphatic rings. The van der Waals surface area contributed by atoms with E-state index in [1.54, 1.807) is 0 Å². The fraction of sp³-hybridized carbons (Fsp3) is 0.909. The molecule has 14 heavy (non-hydrogen) atoms. The summed E-state index contributed by atoms with van der Waals surface area (Å²) >= 11 is 0. The Hall–Kier alpha value is -0.570. The highest BCUT2D eigenvalue weighted by atomic mass is 16.5. The van der Waals surface area contributed by atoms with Gasteiger partial charge in [0.15, 0.2) is 0 Å². The molecule has 2 rings (SSSR count). The number of nitrogens with zero attached hydrogens (tertiary/aromatic N) is 1. The van der Waals surface area contributed by atoms with Crippen LogP contribution >= 0.6 is 0 Å². The largest absolute Gasteiger partial charge is 0.462 e. The molecule has 0 spiro atoms. The number of carbonyl (C=O) groups is 1. The third-order valence-electron chi connectivity index (χ3n) is 3.63. The van der Waals surface area contributed by atoms with E-state index in [0.29, 0.717) is 12.1 Å². The predicted molar refractivity (Wildman–Crippen MR) is 54.0 cm³/mol. The summed E-state index contributed by atoms with van der Waals surface area (Å²) in [7, 11) is 2.21. The molecule has 2 aliphatic heterocycles. The van der Waals surface area contributed by atoms with Gasteiger partial charge < -0.3 is 9.64 Å². The van der Waals surface area contributed by atoms with Crippen LogP contribution in [-0.4, -0.2) is 36.1 Å². The van der Waals surface area contributed by atoms with E-state index in [4.69, 9.17) is 4.74 Å². The fourth-order valence-corrected chi connectivity index (χ4v) is 2.90. The second kappa shape index (κ2) is 3.89. The summed E-state index contributed by atoms with van der Waals surface area (Å²) in [4.78, 5) is 13.4. The molecule has 0 aromatic rings. The molecule has 2 saturated heterocycles. The van der Waals surface area contributed by atoms with Crippen molar-refractivity contribution in [2.24, 2.45) is 0 Å². The van der Waals surface area contributed by atoms with Crippen molar-refractivity contribution in [3.8, 4) is 0 Å². The van der Waals surface area contributed by atoms with E-state index in [1.807, 2.05) is 0 Å². The third kappa shape index (κ3) is 1.92. The van der Waals surface area contributed by atoms with Gasteiger partial charge in [0, 0.05) is 19.0 Å². The van der Waals surface area contributed by atoms with Gasteiger partial charge in [-0.05, 0) is 32.7 Å². The first kappa shape index (κ1) is 9.97. The Morgan fingerprint density at radius 3 is 2.36 bits per heavy atom. The molecule has 2 bridgehead atoms. The van der Waals surface area contributed by atoms with Gasteiger partial charge in [0.25, 0.3) is 0 Å². The molecular formula is C11H19NO2. The average Bonchev–Trinajstić information content (AvgIpc) is 2.05. The van der Waals surface area contributed by atoms with E-state index in [0.717, 1.165) is 12.8 Å². The zero-order chi connectivity index (χ0) is 10.1. The van der Waals surface area contributed by atoms with Gasteiger partial charge in [-0.3, -0.25) is 4.79 Å². The highest BCUT2D eigenvalue weighted by molar-refractivity contribution is 5.66. The first-order valence-electron chi connectivity index (χ1n) is 5.56. The smallest absolute Gasteiger partial charge is 0.302 e. The van der Waals surface area contributed by atoms with Crippen molar-refractivity contribution in [3.63, 3.8) is 0 Å². The van der Waals surface area contributed by atoms with Gasteiger partial charge in [-0.1, -0.05) is 6.42 Å². The van der Waals surface area contributed by atoms with Gasteiger partial charge in [0.2, 0.25) is 0 Å². The quantitative estimate of drug-likeness (QED) is 0.597. The minimum atomic E-state index is -0.127.